The van der Waals surface area contributed by atoms with Crippen LogP contribution in [0.25, 0.3) is 11.1 Å². The van der Waals surface area contributed by atoms with Crippen LogP contribution in [0, 0.1) is 5.82 Å². The minimum Gasteiger partial charge on any atom is -0.326 e. The van der Waals surface area contributed by atoms with E-state index < -0.39 is 0 Å². The van der Waals surface area contributed by atoms with E-state index >= 15 is 0 Å². The fraction of sp³-hybridized carbons (Fsp3) is 0.333. The van der Waals surface area contributed by atoms with Gasteiger partial charge in [0.25, 0.3) is 0 Å². The highest BCUT2D eigenvalue weighted by Crippen LogP contribution is 2.30. The molecule has 0 spiro atoms. The highest BCUT2D eigenvalue weighted by molar-refractivity contribution is 5.67. The van der Waals surface area contributed by atoms with Gasteiger partial charge in [-0.1, -0.05) is 51.1 Å². The topological polar surface area (TPSA) is 26.0 Å². The van der Waals surface area contributed by atoms with Gasteiger partial charge in [0.05, 0.1) is 0 Å². The summed E-state index contributed by atoms with van der Waals surface area (Å²) in [6.07, 6.45) is 1.09. The summed E-state index contributed by atoms with van der Waals surface area (Å²) < 4.78 is 13.3. The van der Waals surface area contributed by atoms with Crippen molar-refractivity contribution in [3.8, 4) is 11.1 Å². The Kier molecular flexibility index (Phi) is 4.24. The average molecular weight is 271 g/mol. The quantitative estimate of drug-likeness (QED) is 0.861. The molecular formula is C18H22FN. The summed E-state index contributed by atoms with van der Waals surface area (Å²) in [5, 5.41) is 0. The van der Waals surface area contributed by atoms with Gasteiger partial charge >= 0.3 is 0 Å². The molecule has 2 aromatic carbocycles. The standard InChI is InChI=1S/C18H22FN/c1-4-18(2,3)15-7-5-13(6-8-15)17-10-9-16(19)11-14(17)12-20/h5-11H,4,12,20H2,1-3H3. The van der Waals surface area contributed by atoms with Gasteiger partial charge in [0.15, 0.2) is 0 Å². The Morgan fingerprint density at radius 2 is 1.70 bits per heavy atom. The summed E-state index contributed by atoms with van der Waals surface area (Å²) >= 11 is 0. The predicted molar refractivity (Wildman–Crippen MR) is 83.0 cm³/mol. The molecule has 1 nitrogen and oxygen atoms in total. The third kappa shape index (κ3) is 2.91. The molecule has 106 valence electrons. The van der Waals surface area contributed by atoms with Gasteiger partial charge in [-0.05, 0) is 46.2 Å². The number of halogens is 1. The molecule has 0 atom stereocenters. The van der Waals surface area contributed by atoms with Gasteiger partial charge in [-0.15, -0.1) is 0 Å². The lowest BCUT2D eigenvalue weighted by molar-refractivity contribution is 0.506. The van der Waals surface area contributed by atoms with Crippen molar-refractivity contribution in [2.24, 2.45) is 5.73 Å². The molecule has 0 heterocycles. The molecule has 2 rings (SSSR count). The second-order valence-electron chi connectivity index (χ2n) is 5.82. The summed E-state index contributed by atoms with van der Waals surface area (Å²) in [6, 6.07) is 13.3. The van der Waals surface area contributed by atoms with Crippen molar-refractivity contribution in [1.29, 1.82) is 0 Å². The Morgan fingerprint density at radius 1 is 1.05 bits per heavy atom. The molecule has 0 saturated heterocycles. The van der Waals surface area contributed by atoms with E-state index in [0.717, 1.165) is 23.1 Å². The van der Waals surface area contributed by atoms with E-state index in [1.54, 1.807) is 6.07 Å². The molecule has 0 aromatic heterocycles. The van der Waals surface area contributed by atoms with E-state index in [-0.39, 0.29) is 11.2 Å². The van der Waals surface area contributed by atoms with Crippen molar-refractivity contribution in [2.75, 3.05) is 0 Å². The van der Waals surface area contributed by atoms with Crippen LogP contribution in [0.1, 0.15) is 38.3 Å². The molecule has 0 aliphatic rings. The molecule has 0 aliphatic carbocycles. The van der Waals surface area contributed by atoms with Crippen LogP contribution in [0.5, 0.6) is 0 Å². The van der Waals surface area contributed by atoms with Crippen molar-refractivity contribution in [2.45, 2.75) is 39.2 Å². The van der Waals surface area contributed by atoms with E-state index in [4.69, 9.17) is 5.73 Å². The Labute approximate surface area is 120 Å². The SMILES string of the molecule is CCC(C)(C)c1ccc(-c2ccc(F)cc2CN)cc1. The first-order valence-corrected chi connectivity index (χ1v) is 7.07. The van der Waals surface area contributed by atoms with Crippen molar-refractivity contribution in [3.63, 3.8) is 0 Å². The van der Waals surface area contributed by atoms with E-state index in [1.807, 2.05) is 0 Å². The number of hydrogen-bond acceptors (Lipinski definition) is 1. The van der Waals surface area contributed by atoms with Crippen molar-refractivity contribution < 1.29 is 4.39 Å². The maximum Gasteiger partial charge on any atom is 0.123 e. The van der Waals surface area contributed by atoms with Crippen LogP contribution in [0.2, 0.25) is 0 Å². The summed E-state index contributed by atoms with van der Waals surface area (Å²) in [5.41, 5.74) is 10.1. The molecule has 0 amide bonds. The van der Waals surface area contributed by atoms with Crippen LogP contribution in [0.4, 0.5) is 4.39 Å². The van der Waals surface area contributed by atoms with Crippen LogP contribution in [0.15, 0.2) is 42.5 Å². The molecule has 0 radical (unpaired) electrons. The fourth-order valence-corrected chi connectivity index (χ4v) is 2.32. The number of benzene rings is 2. The van der Waals surface area contributed by atoms with E-state index in [1.165, 1.54) is 17.7 Å². The molecule has 2 heteroatoms. The van der Waals surface area contributed by atoms with E-state index in [9.17, 15) is 4.39 Å². The number of nitrogens with two attached hydrogens (primary N) is 1. The third-order valence-corrected chi connectivity index (χ3v) is 4.15. The minimum absolute atomic E-state index is 0.179. The predicted octanol–water partition coefficient (Wildman–Crippen LogP) is 4.64. The maximum atomic E-state index is 13.3. The van der Waals surface area contributed by atoms with Crippen LogP contribution in [-0.2, 0) is 12.0 Å². The molecule has 0 fully saturated rings. The molecule has 0 aliphatic heterocycles. The Hall–Kier alpha value is -1.67. The average Bonchev–Trinajstić information content (AvgIpc) is 2.47. The monoisotopic (exact) mass is 271 g/mol. The zero-order chi connectivity index (χ0) is 14.8. The first-order chi connectivity index (χ1) is 9.47. The van der Waals surface area contributed by atoms with Crippen LogP contribution in [-0.4, -0.2) is 0 Å². The molecule has 20 heavy (non-hydrogen) atoms. The normalized spacial score (nSPS) is 11.7. The fourth-order valence-electron chi connectivity index (χ4n) is 2.32. The van der Waals surface area contributed by atoms with Crippen LogP contribution >= 0.6 is 0 Å². The zero-order valence-electron chi connectivity index (χ0n) is 12.4. The van der Waals surface area contributed by atoms with Gasteiger partial charge in [0.2, 0.25) is 0 Å². The lowest BCUT2D eigenvalue weighted by atomic mass is 9.81. The molecular weight excluding hydrogens is 249 g/mol. The van der Waals surface area contributed by atoms with Gasteiger partial charge in [0.1, 0.15) is 5.82 Å². The second-order valence-corrected chi connectivity index (χ2v) is 5.82. The van der Waals surface area contributed by atoms with E-state index in [0.29, 0.717) is 6.54 Å². The van der Waals surface area contributed by atoms with Crippen molar-refractivity contribution in [1.82, 2.24) is 0 Å². The van der Waals surface area contributed by atoms with Gasteiger partial charge in [-0.2, -0.15) is 0 Å². The van der Waals surface area contributed by atoms with Crippen LogP contribution < -0.4 is 5.73 Å². The van der Waals surface area contributed by atoms with Crippen LogP contribution in [0.3, 0.4) is 0 Å². The van der Waals surface area contributed by atoms with E-state index in [2.05, 4.69) is 45.0 Å². The summed E-state index contributed by atoms with van der Waals surface area (Å²) in [4.78, 5) is 0. The number of hydrogen-bond donors (Lipinski definition) is 1. The molecule has 0 saturated carbocycles. The maximum absolute atomic E-state index is 13.3. The first kappa shape index (κ1) is 14.7. The minimum atomic E-state index is -0.238. The Morgan fingerprint density at radius 3 is 2.25 bits per heavy atom. The van der Waals surface area contributed by atoms with Gasteiger partial charge in [0, 0.05) is 6.54 Å². The third-order valence-electron chi connectivity index (χ3n) is 4.15. The lowest BCUT2D eigenvalue weighted by Gasteiger charge is -2.23. The summed E-state index contributed by atoms with van der Waals surface area (Å²) in [6.45, 7) is 7.02. The number of rotatable bonds is 4. The molecule has 2 aromatic rings. The zero-order valence-corrected chi connectivity index (χ0v) is 12.4. The lowest BCUT2D eigenvalue weighted by Crippen LogP contribution is -2.15. The first-order valence-electron chi connectivity index (χ1n) is 7.07. The summed E-state index contributed by atoms with van der Waals surface area (Å²) in [7, 11) is 0. The van der Waals surface area contributed by atoms with Gasteiger partial charge in [-0.25, -0.2) is 4.39 Å². The second kappa shape index (κ2) is 5.76. The molecule has 0 unspecified atom stereocenters. The largest absolute Gasteiger partial charge is 0.326 e. The Bertz CT molecular complexity index is 585. The van der Waals surface area contributed by atoms with Crippen molar-refractivity contribution >= 4 is 0 Å². The highest BCUT2D eigenvalue weighted by atomic mass is 19.1. The van der Waals surface area contributed by atoms with Gasteiger partial charge < -0.3 is 5.73 Å². The van der Waals surface area contributed by atoms with Crippen molar-refractivity contribution in [3.05, 3.63) is 59.4 Å². The highest BCUT2D eigenvalue weighted by Gasteiger charge is 2.17. The molecule has 2 N–H and O–H groups in total. The Balaban J connectivity index is 2.40. The summed E-state index contributed by atoms with van der Waals surface area (Å²) in [5.74, 6) is -0.238. The smallest absolute Gasteiger partial charge is 0.123 e. The molecule has 0 bridgehead atoms. The van der Waals surface area contributed by atoms with Gasteiger partial charge in [-0.3, -0.25) is 0 Å².